The number of nitrogens with one attached hydrogen (secondary N) is 1. The number of likely N-dealkylation sites (tertiary alicyclic amines) is 1. The molecule has 148 valence electrons. The van der Waals surface area contributed by atoms with Crippen molar-refractivity contribution in [3.05, 3.63) is 61.4 Å². The molecule has 2 heterocycles. The Morgan fingerprint density at radius 3 is 2.83 bits per heavy atom. The minimum atomic E-state index is -0.111. The highest BCUT2D eigenvalue weighted by molar-refractivity contribution is 5.93. The van der Waals surface area contributed by atoms with Gasteiger partial charge in [-0.3, -0.25) is 4.79 Å². The van der Waals surface area contributed by atoms with Gasteiger partial charge in [-0.2, -0.15) is 0 Å². The summed E-state index contributed by atoms with van der Waals surface area (Å²) in [4.78, 5) is 22.3. The lowest BCUT2D eigenvalue weighted by Crippen LogP contribution is -2.29. The molecule has 0 saturated carbocycles. The number of methoxy groups -OCH3 is 1. The van der Waals surface area contributed by atoms with Crippen molar-refractivity contribution in [2.45, 2.75) is 12.5 Å². The number of carbonyl (C=O) groups is 1. The van der Waals surface area contributed by atoms with Gasteiger partial charge in [-0.15, -0.1) is 0 Å². The van der Waals surface area contributed by atoms with E-state index in [1.807, 2.05) is 42.5 Å². The molecule has 1 N–H and O–H groups in total. The summed E-state index contributed by atoms with van der Waals surface area (Å²) in [5, 5.41) is 4.15. The van der Waals surface area contributed by atoms with Gasteiger partial charge < -0.3 is 19.7 Å². The van der Waals surface area contributed by atoms with Crippen LogP contribution in [0.25, 0.3) is 10.9 Å². The first kappa shape index (κ1) is 18.7. The molecule has 1 aromatic heterocycles. The quantitative estimate of drug-likeness (QED) is 0.649. The van der Waals surface area contributed by atoms with Gasteiger partial charge in [-0.1, -0.05) is 24.8 Å². The molecule has 29 heavy (non-hydrogen) atoms. The van der Waals surface area contributed by atoms with Crippen LogP contribution >= 0.6 is 0 Å². The van der Waals surface area contributed by atoms with Crippen LogP contribution < -0.4 is 14.8 Å². The van der Waals surface area contributed by atoms with Crippen molar-refractivity contribution < 1.29 is 14.3 Å². The molecule has 1 fully saturated rings. The van der Waals surface area contributed by atoms with Crippen molar-refractivity contribution in [3.63, 3.8) is 0 Å². The summed E-state index contributed by atoms with van der Waals surface area (Å²) in [7, 11) is 1.60. The van der Waals surface area contributed by atoms with E-state index in [4.69, 9.17) is 9.47 Å². The third kappa shape index (κ3) is 3.99. The van der Waals surface area contributed by atoms with Crippen LogP contribution in [0.2, 0.25) is 0 Å². The average molecular weight is 390 g/mol. The van der Waals surface area contributed by atoms with E-state index in [9.17, 15) is 4.79 Å². The summed E-state index contributed by atoms with van der Waals surface area (Å²) in [6.07, 6.45) is 3.49. The summed E-state index contributed by atoms with van der Waals surface area (Å²) in [5.74, 6) is 1.80. The van der Waals surface area contributed by atoms with Crippen molar-refractivity contribution in [3.8, 4) is 11.5 Å². The highest BCUT2D eigenvalue weighted by Gasteiger charge is 2.27. The van der Waals surface area contributed by atoms with E-state index in [-0.39, 0.29) is 12.0 Å². The summed E-state index contributed by atoms with van der Waals surface area (Å²) in [6, 6.07) is 13.5. The molecule has 7 nitrogen and oxygen atoms in total. The number of benzene rings is 2. The lowest BCUT2D eigenvalue weighted by molar-refractivity contribution is -0.125. The zero-order chi connectivity index (χ0) is 20.2. The Morgan fingerprint density at radius 2 is 2.07 bits per heavy atom. The molecule has 1 saturated heterocycles. The molecule has 0 bridgehead atoms. The van der Waals surface area contributed by atoms with Gasteiger partial charge >= 0.3 is 0 Å². The maximum atomic E-state index is 11.8. The number of hydrogen-bond donors (Lipinski definition) is 1. The fourth-order valence-corrected chi connectivity index (χ4v) is 3.41. The Labute approximate surface area is 169 Å². The Kier molecular flexibility index (Phi) is 5.29. The van der Waals surface area contributed by atoms with Crippen molar-refractivity contribution in [2.75, 3.05) is 25.5 Å². The second kappa shape index (κ2) is 8.18. The van der Waals surface area contributed by atoms with Crippen LogP contribution in [0, 0.1) is 0 Å². The predicted octanol–water partition coefficient (Wildman–Crippen LogP) is 3.55. The topological polar surface area (TPSA) is 76.6 Å². The zero-order valence-corrected chi connectivity index (χ0v) is 16.2. The van der Waals surface area contributed by atoms with Gasteiger partial charge in [0, 0.05) is 30.1 Å². The molecule has 1 unspecified atom stereocenters. The molecule has 7 heteroatoms. The number of anilines is 2. The first-order valence-corrected chi connectivity index (χ1v) is 9.40. The molecule has 3 aromatic rings. The third-order valence-electron chi connectivity index (χ3n) is 4.88. The summed E-state index contributed by atoms with van der Waals surface area (Å²) in [6.45, 7) is 4.72. The van der Waals surface area contributed by atoms with E-state index in [2.05, 4.69) is 21.9 Å². The van der Waals surface area contributed by atoms with E-state index in [1.54, 1.807) is 12.0 Å². The lowest BCUT2D eigenvalue weighted by atomic mass is 10.2. The minimum Gasteiger partial charge on any atom is -0.493 e. The lowest BCUT2D eigenvalue weighted by Gasteiger charge is -2.18. The number of para-hydroxylation sites is 1. The Morgan fingerprint density at radius 1 is 1.24 bits per heavy atom. The number of aromatic nitrogens is 2. The predicted molar refractivity (Wildman–Crippen MR) is 112 cm³/mol. The SMILES string of the molecule is C=CC(=O)N1CCC(Oc2cc3c(Nc4ccccc4)ncnc3cc2OC)C1. The second-order valence-electron chi connectivity index (χ2n) is 6.75. The van der Waals surface area contributed by atoms with Gasteiger partial charge in [0.2, 0.25) is 5.91 Å². The van der Waals surface area contributed by atoms with Crippen LogP contribution in [0.5, 0.6) is 11.5 Å². The molecule has 0 aliphatic carbocycles. The number of hydrogen-bond acceptors (Lipinski definition) is 6. The zero-order valence-electron chi connectivity index (χ0n) is 16.2. The molecule has 1 aliphatic heterocycles. The fraction of sp³-hybridized carbons (Fsp3) is 0.227. The van der Waals surface area contributed by atoms with Crippen LogP contribution in [0.15, 0.2) is 61.4 Å². The van der Waals surface area contributed by atoms with Crippen LogP contribution in [0.1, 0.15) is 6.42 Å². The van der Waals surface area contributed by atoms with Crippen molar-refractivity contribution in [2.24, 2.45) is 0 Å². The van der Waals surface area contributed by atoms with E-state index in [0.717, 1.165) is 23.0 Å². The maximum absolute atomic E-state index is 11.8. The Bertz CT molecular complexity index is 1040. The van der Waals surface area contributed by atoms with Gasteiger partial charge in [0.1, 0.15) is 18.2 Å². The molecule has 1 aliphatic rings. The van der Waals surface area contributed by atoms with Gasteiger partial charge in [-0.05, 0) is 24.3 Å². The van der Waals surface area contributed by atoms with Crippen LogP contribution in [0.4, 0.5) is 11.5 Å². The summed E-state index contributed by atoms with van der Waals surface area (Å²) >= 11 is 0. The van der Waals surface area contributed by atoms with Crippen LogP contribution in [0.3, 0.4) is 0 Å². The van der Waals surface area contributed by atoms with Crippen LogP contribution in [-0.4, -0.2) is 47.1 Å². The molecule has 4 rings (SSSR count). The van der Waals surface area contributed by atoms with Crippen molar-refractivity contribution >= 4 is 28.3 Å². The van der Waals surface area contributed by atoms with Gasteiger partial charge in [0.15, 0.2) is 11.5 Å². The molecule has 1 amide bonds. The van der Waals surface area contributed by atoms with Gasteiger partial charge in [0.05, 0.1) is 19.2 Å². The fourth-order valence-electron chi connectivity index (χ4n) is 3.41. The van der Waals surface area contributed by atoms with Crippen LogP contribution in [-0.2, 0) is 4.79 Å². The largest absolute Gasteiger partial charge is 0.493 e. The molecule has 2 aromatic carbocycles. The van der Waals surface area contributed by atoms with E-state index < -0.39 is 0 Å². The van der Waals surface area contributed by atoms with E-state index in [0.29, 0.717) is 30.4 Å². The number of fused-ring (bicyclic) bond motifs is 1. The Balaban J connectivity index is 1.64. The molecular formula is C22H22N4O3. The van der Waals surface area contributed by atoms with Gasteiger partial charge in [-0.25, -0.2) is 9.97 Å². The van der Waals surface area contributed by atoms with Crippen molar-refractivity contribution in [1.82, 2.24) is 14.9 Å². The smallest absolute Gasteiger partial charge is 0.246 e. The maximum Gasteiger partial charge on any atom is 0.246 e. The van der Waals surface area contributed by atoms with Gasteiger partial charge in [0.25, 0.3) is 0 Å². The highest BCUT2D eigenvalue weighted by atomic mass is 16.5. The number of nitrogens with zero attached hydrogens (tertiary/aromatic N) is 3. The third-order valence-corrected chi connectivity index (χ3v) is 4.88. The molecule has 0 spiro atoms. The number of carbonyl (C=O) groups excluding carboxylic acids is 1. The molecule has 1 atom stereocenters. The average Bonchev–Trinajstić information content (AvgIpc) is 3.22. The minimum absolute atomic E-state index is 0.0793. The van der Waals surface area contributed by atoms with E-state index >= 15 is 0 Å². The summed E-state index contributed by atoms with van der Waals surface area (Å²) in [5.41, 5.74) is 1.68. The standard InChI is InChI=1S/C22H22N4O3/c1-3-21(27)26-10-9-16(13-26)29-20-11-17-18(12-19(20)28-2)23-14-24-22(17)25-15-7-5-4-6-8-15/h3-8,11-12,14,16H,1,9-10,13H2,2H3,(H,23,24,25). The number of ether oxygens (including phenoxy) is 2. The highest BCUT2D eigenvalue weighted by Crippen LogP contribution is 2.36. The molecular weight excluding hydrogens is 368 g/mol. The van der Waals surface area contributed by atoms with E-state index in [1.165, 1.54) is 12.4 Å². The monoisotopic (exact) mass is 390 g/mol. The van der Waals surface area contributed by atoms with Crippen molar-refractivity contribution in [1.29, 1.82) is 0 Å². The normalized spacial score (nSPS) is 15.9. The number of amides is 1. The molecule has 0 radical (unpaired) electrons. The summed E-state index contributed by atoms with van der Waals surface area (Å²) < 4.78 is 11.7. The first-order valence-electron chi connectivity index (χ1n) is 9.40. The second-order valence-corrected chi connectivity index (χ2v) is 6.75. The Hall–Kier alpha value is -3.61. The first-order chi connectivity index (χ1) is 14.2. The number of rotatable bonds is 6.